The average Bonchev–Trinajstić information content (AvgIpc) is 3.40. The van der Waals surface area contributed by atoms with Crippen molar-refractivity contribution in [1.29, 1.82) is 0 Å². The molecule has 42 heavy (non-hydrogen) atoms. The van der Waals surface area contributed by atoms with Crippen molar-refractivity contribution in [2.24, 2.45) is 5.10 Å². The van der Waals surface area contributed by atoms with Crippen LogP contribution in [0, 0.1) is 10.1 Å². The number of rotatable bonds is 7. The minimum Gasteiger partial charge on any atom is -0.453 e. The third-order valence-corrected chi connectivity index (χ3v) is 6.92. The zero-order chi connectivity index (χ0) is 29.4. The highest BCUT2D eigenvalue weighted by molar-refractivity contribution is 9.10. The number of para-hydroxylation sites is 1. The Morgan fingerprint density at radius 3 is 2.67 bits per heavy atom. The Morgan fingerprint density at radius 1 is 1.07 bits per heavy atom. The van der Waals surface area contributed by atoms with Crippen LogP contribution in [0.2, 0.25) is 0 Å². The molecule has 0 saturated heterocycles. The van der Waals surface area contributed by atoms with Crippen LogP contribution < -0.4 is 15.2 Å². The second-order valence-corrected chi connectivity index (χ2v) is 10.4. The van der Waals surface area contributed by atoms with E-state index < -0.39 is 4.92 Å². The fourth-order valence-electron chi connectivity index (χ4n) is 4.28. The zero-order valence-corrected chi connectivity index (χ0v) is 23.8. The van der Waals surface area contributed by atoms with E-state index in [2.05, 4.69) is 26.0 Å². The molecule has 11 nitrogen and oxygen atoms in total. The van der Waals surface area contributed by atoms with Crippen LogP contribution >= 0.6 is 15.9 Å². The van der Waals surface area contributed by atoms with E-state index in [0.29, 0.717) is 33.6 Å². The Balaban J connectivity index is 1.47. The van der Waals surface area contributed by atoms with Gasteiger partial charge in [-0.25, -0.2) is 9.97 Å². The highest BCUT2D eigenvalue weighted by Gasteiger charge is 2.17. The number of aromatic nitrogens is 3. The number of furan rings is 1. The van der Waals surface area contributed by atoms with Crippen LogP contribution in [0.5, 0.6) is 11.6 Å². The third kappa shape index (κ3) is 5.22. The Hall–Kier alpha value is -5.36. The van der Waals surface area contributed by atoms with Crippen molar-refractivity contribution in [2.45, 2.75) is 0 Å². The minimum absolute atomic E-state index is 0.153. The largest absolute Gasteiger partial charge is 0.453 e. The van der Waals surface area contributed by atoms with Crippen LogP contribution in [0.15, 0.2) is 104 Å². The van der Waals surface area contributed by atoms with Gasteiger partial charge in [0.1, 0.15) is 17.5 Å². The molecule has 0 saturated carbocycles. The molecule has 0 fully saturated rings. The summed E-state index contributed by atoms with van der Waals surface area (Å²) in [4.78, 5) is 34.9. The lowest BCUT2D eigenvalue weighted by Crippen LogP contribution is -2.20. The number of halogens is 1. The zero-order valence-electron chi connectivity index (χ0n) is 22.3. The molecule has 0 radical (unpaired) electrons. The Kier molecular flexibility index (Phi) is 6.97. The summed E-state index contributed by atoms with van der Waals surface area (Å²) in [7, 11) is 3.77. The van der Waals surface area contributed by atoms with E-state index in [1.165, 1.54) is 23.0 Å². The number of hydrogen-bond acceptors (Lipinski definition) is 9. The van der Waals surface area contributed by atoms with Crippen molar-refractivity contribution in [3.63, 3.8) is 0 Å². The molecule has 0 aliphatic heterocycles. The highest BCUT2D eigenvalue weighted by atomic mass is 79.9. The quantitative estimate of drug-likeness (QED) is 0.110. The molecular weight excluding hydrogens is 604 g/mol. The van der Waals surface area contributed by atoms with Gasteiger partial charge in [0.25, 0.3) is 11.2 Å². The first-order valence-electron chi connectivity index (χ1n) is 12.6. The van der Waals surface area contributed by atoms with E-state index >= 15 is 0 Å². The normalized spacial score (nSPS) is 11.4. The number of ether oxygens (including phenoxy) is 1. The van der Waals surface area contributed by atoms with Crippen molar-refractivity contribution in [3.8, 4) is 23.2 Å². The molecule has 3 aromatic heterocycles. The number of anilines is 1. The number of nitro groups is 1. The second-order valence-electron chi connectivity index (χ2n) is 9.44. The molecule has 0 unspecified atom stereocenters. The van der Waals surface area contributed by atoms with Crippen molar-refractivity contribution < 1.29 is 14.1 Å². The van der Waals surface area contributed by atoms with E-state index in [1.807, 2.05) is 55.4 Å². The maximum absolute atomic E-state index is 13.7. The molecular formula is C30H21BrN6O5. The first-order valence-corrected chi connectivity index (χ1v) is 13.4. The summed E-state index contributed by atoms with van der Waals surface area (Å²) in [6, 6.07) is 22.6. The van der Waals surface area contributed by atoms with Gasteiger partial charge in [0, 0.05) is 53.4 Å². The van der Waals surface area contributed by atoms with Crippen LogP contribution in [-0.2, 0) is 0 Å². The Morgan fingerprint density at radius 2 is 1.90 bits per heavy atom. The van der Waals surface area contributed by atoms with Crippen LogP contribution in [0.25, 0.3) is 33.5 Å². The lowest BCUT2D eigenvalue weighted by molar-refractivity contribution is -0.385. The predicted molar refractivity (Wildman–Crippen MR) is 164 cm³/mol. The van der Waals surface area contributed by atoms with E-state index in [1.54, 1.807) is 30.3 Å². The van der Waals surface area contributed by atoms with Gasteiger partial charge in [0.05, 0.1) is 22.0 Å². The summed E-state index contributed by atoms with van der Waals surface area (Å²) in [6.07, 6.45) is 2.61. The van der Waals surface area contributed by atoms with Gasteiger partial charge in [0.2, 0.25) is 11.7 Å². The van der Waals surface area contributed by atoms with Crippen molar-refractivity contribution in [3.05, 3.63) is 116 Å². The molecule has 208 valence electrons. The molecule has 6 aromatic rings. The fraction of sp³-hybridized carbons (Fsp3) is 0.0667. The van der Waals surface area contributed by atoms with E-state index in [-0.39, 0.29) is 23.0 Å². The summed E-state index contributed by atoms with van der Waals surface area (Å²) < 4.78 is 14.2. The SMILES string of the molecule is CN(C)c1ccc(C=Nn2c(-c3cc4cc(Br)ccc4o3)nc3ccccc3c2=O)c(Oc2ccc([N+](=O)[O-])cn2)c1. The van der Waals surface area contributed by atoms with Crippen molar-refractivity contribution in [2.75, 3.05) is 19.0 Å². The number of nitrogens with zero attached hydrogens (tertiary/aromatic N) is 6. The topological polar surface area (TPSA) is 129 Å². The van der Waals surface area contributed by atoms with Gasteiger partial charge in [-0.3, -0.25) is 14.9 Å². The van der Waals surface area contributed by atoms with Gasteiger partial charge in [0.15, 0.2) is 5.76 Å². The first-order chi connectivity index (χ1) is 20.3. The molecule has 3 heterocycles. The van der Waals surface area contributed by atoms with E-state index in [0.717, 1.165) is 21.7 Å². The van der Waals surface area contributed by atoms with Crippen LogP contribution in [0.3, 0.4) is 0 Å². The maximum Gasteiger partial charge on any atom is 0.287 e. The second kappa shape index (κ2) is 10.9. The van der Waals surface area contributed by atoms with Crippen LogP contribution in [-0.4, -0.2) is 39.9 Å². The third-order valence-electron chi connectivity index (χ3n) is 6.42. The number of fused-ring (bicyclic) bond motifs is 2. The van der Waals surface area contributed by atoms with E-state index in [9.17, 15) is 14.9 Å². The molecule has 0 bridgehead atoms. The molecule has 0 aliphatic carbocycles. The fourth-order valence-corrected chi connectivity index (χ4v) is 4.66. The maximum atomic E-state index is 13.7. The summed E-state index contributed by atoms with van der Waals surface area (Å²) in [6.45, 7) is 0. The molecule has 3 aromatic carbocycles. The van der Waals surface area contributed by atoms with Crippen molar-refractivity contribution in [1.82, 2.24) is 14.6 Å². The molecule has 0 spiro atoms. The van der Waals surface area contributed by atoms with Gasteiger partial charge < -0.3 is 14.1 Å². The standard InChI is InChI=1S/C30H21BrN6O5/c1-35(2)21-9-7-18(26(15-21)42-28-12-10-22(17-32-28)37(39)40)16-33-36-29(34-24-6-4-3-5-23(24)30(36)38)27-14-19-13-20(31)8-11-25(19)41-27/h3-17H,1-2H3. The van der Waals surface area contributed by atoms with Gasteiger partial charge >= 0.3 is 0 Å². The highest BCUT2D eigenvalue weighted by Crippen LogP contribution is 2.31. The van der Waals surface area contributed by atoms with Gasteiger partial charge in [-0.1, -0.05) is 28.1 Å². The summed E-state index contributed by atoms with van der Waals surface area (Å²) in [5, 5.41) is 16.8. The molecule has 0 N–H and O–H groups in total. The summed E-state index contributed by atoms with van der Waals surface area (Å²) in [5.74, 6) is 1.14. The number of hydrogen-bond donors (Lipinski definition) is 0. The Labute approximate surface area is 246 Å². The molecule has 0 aliphatic rings. The lowest BCUT2D eigenvalue weighted by atomic mass is 10.2. The molecule has 6 rings (SSSR count). The molecule has 0 amide bonds. The smallest absolute Gasteiger partial charge is 0.287 e. The average molecular weight is 625 g/mol. The summed E-state index contributed by atoms with van der Waals surface area (Å²) in [5.41, 5.74) is 1.98. The molecule has 0 atom stereocenters. The van der Waals surface area contributed by atoms with Crippen LogP contribution in [0.1, 0.15) is 5.56 Å². The summed E-state index contributed by atoms with van der Waals surface area (Å²) >= 11 is 3.48. The lowest BCUT2D eigenvalue weighted by Gasteiger charge is -2.15. The number of benzene rings is 3. The van der Waals surface area contributed by atoms with Gasteiger partial charge in [-0.15, -0.1) is 0 Å². The van der Waals surface area contributed by atoms with Gasteiger partial charge in [-0.2, -0.15) is 9.78 Å². The predicted octanol–water partition coefficient (Wildman–Crippen LogP) is 6.62. The first kappa shape index (κ1) is 26.8. The monoisotopic (exact) mass is 624 g/mol. The minimum atomic E-state index is -0.532. The van der Waals surface area contributed by atoms with Crippen molar-refractivity contribution >= 4 is 55.4 Å². The Bertz CT molecular complexity index is 2070. The van der Waals surface area contributed by atoms with E-state index in [4.69, 9.17) is 14.1 Å². The van der Waals surface area contributed by atoms with Gasteiger partial charge in [-0.05, 0) is 48.5 Å². The van der Waals surface area contributed by atoms with Crippen LogP contribution in [0.4, 0.5) is 11.4 Å². The molecule has 12 heteroatoms. The number of pyridine rings is 1.